The van der Waals surface area contributed by atoms with E-state index in [1.807, 2.05) is 23.6 Å². The summed E-state index contributed by atoms with van der Waals surface area (Å²) < 4.78 is 16.8. The minimum Gasteiger partial charge on any atom is -0.459 e. The molecule has 31 heavy (non-hydrogen) atoms. The van der Waals surface area contributed by atoms with Gasteiger partial charge in [0.2, 0.25) is 0 Å². The van der Waals surface area contributed by atoms with Gasteiger partial charge in [0.25, 0.3) is 0 Å². The van der Waals surface area contributed by atoms with Crippen LogP contribution in [0.3, 0.4) is 0 Å². The number of thiazole rings is 1. The molecule has 3 atom stereocenters. The first-order valence-corrected chi connectivity index (χ1v) is 11.6. The lowest BCUT2D eigenvalue weighted by molar-refractivity contribution is -0.160. The van der Waals surface area contributed by atoms with Crippen molar-refractivity contribution in [2.75, 3.05) is 18.5 Å². The Balaban J connectivity index is 1.46. The van der Waals surface area contributed by atoms with E-state index in [2.05, 4.69) is 17.2 Å². The molecule has 1 aromatic heterocycles. The van der Waals surface area contributed by atoms with E-state index >= 15 is 0 Å². The van der Waals surface area contributed by atoms with Crippen LogP contribution in [0.4, 0.5) is 10.8 Å². The maximum atomic E-state index is 12.8. The number of halogens is 1. The summed E-state index contributed by atoms with van der Waals surface area (Å²) in [6.45, 7) is 4.77. The number of hydrogen-bond acceptors (Lipinski definition) is 8. The lowest BCUT2D eigenvalue weighted by Crippen LogP contribution is -2.32. The number of anilines is 2. The van der Waals surface area contributed by atoms with Crippen molar-refractivity contribution in [2.45, 2.75) is 51.2 Å². The molecule has 9 heteroatoms. The van der Waals surface area contributed by atoms with Crippen molar-refractivity contribution in [3.63, 3.8) is 0 Å². The van der Waals surface area contributed by atoms with Gasteiger partial charge in [-0.05, 0) is 25.5 Å². The van der Waals surface area contributed by atoms with Crippen molar-refractivity contribution in [1.82, 2.24) is 4.98 Å². The highest BCUT2D eigenvalue weighted by Crippen LogP contribution is 2.52. The van der Waals surface area contributed by atoms with Crippen LogP contribution in [0, 0.1) is 5.41 Å². The number of ether oxygens (including phenoxy) is 3. The molecular weight excluding hydrogens is 440 g/mol. The lowest BCUT2D eigenvalue weighted by Gasteiger charge is -2.20. The normalized spacial score (nSPS) is 27.5. The highest BCUT2D eigenvalue weighted by molar-refractivity contribution is 7.13. The quantitative estimate of drug-likeness (QED) is 0.340. The van der Waals surface area contributed by atoms with Crippen molar-refractivity contribution in [1.29, 1.82) is 0 Å². The molecule has 0 aliphatic carbocycles. The number of benzene rings is 1. The molecule has 2 saturated heterocycles. The van der Waals surface area contributed by atoms with Gasteiger partial charge in [-0.3, -0.25) is 9.59 Å². The van der Waals surface area contributed by atoms with Crippen LogP contribution < -0.4 is 5.32 Å². The Kier molecular flexibility index (Phi) is 6.23. The first kappa shape index (κ1) is 22.0. The van der Waals surface area contributed by atoms with Gasteiger partial charge in [0.05, 0.1) is 23.0 Å². The Bertz CT molecular complexity index is 982. The fraction of sp³-hybridized carbons (Fsp3) is 0.500. The van der Waals surface area contributed by atoms with E-state index in [0.717, 1.165) is 18.5 Å². The second kappa shape index (κ2) is 8.76. The predicted octanol–water partition coefficient (Wildman–Crippen LogP) is 4.82. The molecule has 166 valence electrons. The second-order valence-electron chi connectivity index (χ2n) is 8.18. The minimum atomic E-state index is -1.30. The van der Waals surface area contributed by atoms with Crippen molar-refractivity contribution >= 4 is 45.7 Å². The third-order valence-corrected chi connectivity index (χ3v) is 6.78. The summed E-state index contributed by atoms with van der Waals surface area (Å²) in [5, 5.41) is 6.22. The molecule has 2 aromatic rings. The molecule has 0 amide bonds. The van der Waals surface area contributed by atoms with Gasteiger partial charge in [0.15, 0.2) is 16.1 Å². The highest BCUT2D eigenvalue weighted by Gasteiger charge is 2.65. The molecule has 7 nitrogen and oxygen atoms in total. The van der Waals surface area contributed by atoms with Crippen LogP contribution in [-0.4, -0.2) is 36.2 Å². The highest BCUT2D eigenvalue weighted by atomic mass is 35.5. The van der Waals surface area contributed by atoms with E-state index in [0.29, 0.717) is 29.1 Å². The van der Waals surface area contributed by atoms with Gasteiger partial charge in [-0.15, -0.1) is 11.3 Å². The lowest BCUT2D eigenvalue weighted by atomic mass is 9.78. The molecule has 1 N–H and O–H groups in total. The van der Waals surface area contributed by atoms with Crippen LogP contribution in [0.25, 0.3) is 0 Å². The van der Waals surface area contributed by atoms with Gasteiger partial charge in [-0.2, -0.15) is 0 Å². The molecule has 2 aliphatic heterocycles. The first-order valence-electron chi connectivity index (χ1n) is 10.4. The molecule has 1 spiro atoms. The summed E-state index contributed by atoms with van der Waals surface area (Å²) in [5.41, 5.74) is -0.980. The Morgan fingerprint density at radius 2 is 2.13 bits per heavy atom. The maximum Gasteiger partial charge on any atom is 0.324 e. The summed E-state index contributed by atoms with van der Waals surface area (Å²) >= 11 is 7.58. The molecular formula is C22H25ClN2O5S. The fourth-order valence-corrected chi connectivity index (χ4v) is 5.05. The SMILES string of the molecule is CCCCOC[C@H]1C[C@]2(C[C@](C)(c3csc(Nc4ccccc4Cl)n3)OC2=O)C(=O)O1. The summed E-state index contributed by atoms with van der Waals surface area (Å²) in [6, 6.07) is 7.37. The molecule has 1 aromatic carbocycles. The van der Waals surface area contributed by atoms with Crippen LogP contribution in [0.1, 0.15) is 45.2 Å². The Hall–Kier alpha value is -2.16. The smallest absolute Gasteiger partial charge is 0.324 e. The Morgan fingerprint density at radius 1 is 1.32 bits per heavy atom. The third kappa shape index (κ3) is 4.29. The van der Waals surface area contributed by atoms with Crippen molar-refractivity contribution in [3.05, 3.63) is 40.4 Å². The maximum absolute atomic E-state index is 12.8. The zero-order valence-corrected chi connectivity index (χ0v) is 19.1. The Morgan fingerprint density at radius 3 is 2.90 bits per heavy atom. The third-order valence-electron chi connectivity index (χ3n) is 5.70. The van der Waals surface area contributed by atoms with E-state index in [4.69, 9.17) is 25.8 Å². The standard InChI is InChI=1S/C22H25ClN2O5S/c1-3-4-9-28-11-14-10-22(18(26)29-14)13-21(2,30-19(22)27)17-12-31-20(25-17)24-16-8-6-5-7-15(16)23/h5-8,12,14H,3-4,9-11,13H2,1-2H3,(H,24,25)/t14-,21-,22+/m1/s1. The van der Waals surface area contributed by atoms with Gasteiger partial charge in [0, 0.05) is 24.8 Å². The van der Waals surface area contributed by atoms with Gasteiger partial charge in [-0.1, -0.05) is 37.1 Å². The van der Waals surface area contributed by atoms with Gasteiger partial charge < -0.3 is 19.5 Å². The van der Waals surface area contributed by atoms with Crippen LogP contribution in [0.2, 0.25) is 5.02 Å². The molecule has 0 unspecified atom stereocenters. The number of unbranched alkanes of at least 4 members (excludes halogenated alkanes) is 1. The summed E-state index contributed by atoms with van der Waals surface area (Å²) in [4.78, 5) is 30.1. The minimum absolute atomic E-state index is 0.193. The summed E-state index contributed by atoms with van der Waals surface area (Å²) in [5.74, 6) is -1.08. The van der Waals surface area contributed by atoms with Gasteiger partial charge in [-0.25, -0.2) is 4.98 Å². The van der Waals surface area contributed by atoms with Crippen molar-refractivity contribution in [3.8, 4) is 0 Å². The molecule has 2 fully saturated rings. The number of aromatic nitrogens is 1. The van der Waals surface area contributed by atoms with Gasteiger partial charge >= 0.3 is 11.9 Å². The zero-order chi connectivity index (χ0) is 22.1. The van der Waals surface area contributed by atoms with Crippen LogP contribution in [-0.2, 0) is 29.4 Å². The molecule has 2 aliphatic rings. The van der Waals surface area contributed by atoms with Crippen LogP contribution in [0.15, 0.2) is 29.6 Å². The number of esters is 2. The number of nitrogens with one attached hydrogen (secondary N) is 1. The molecule has 3 heterocycles. The van der Waals surface area contributed by atoms with Crippen molar-refractivity contribution < 1.29 is 23.8 Å². The number of carbonyl (C=O) groups excluding carboxylic acids is 2. The predicted molar refractivity (Wildman–Crippen MR) is 118 cm³/mol. The average Bonchev–Trinajstić information content (AvgIpc) is 3.39. The van der Waals surface area contributed by atoms with E-state index in [9.17, 15) is 9.59 Å². The van der Waals surface area contributed by atoms with Crippen LogP contribution >= 0.6 is 22.9 Å². The monoisotopic (exact) mass is 464 g/mol. The molecule has 0 bridgehead atoms. The summed E-state index contributed by atoms with van der Waals surface area (Å²) in [7, 11) is 0. The van der Waals surface area contributed by atoms with Crippen LogP contribution in [0.5, 0.6) is 0 Å². The van der Waals surface area contributed by atoms with Crippen molar-refractivity contribution in [2.24, 2.45) is 5.41 Å². The number of carbonyl (C=O) groups is 2. The zero-order valence-electron chi connectivity index (χ0n) is 17.5. The van der Waals surface area contributed by atoms with E-state index < -0.39 is 29.1 Å². The summed E-state index contributed by atoms with van der Waals surface area (Å²) in [6.07, 6.45) is 1.99. The molecule has 0 radical (unpaired) electrons. The first-order chi connectivity index (χ1) is 14.9. The number of hydrogen-bond donors (Lipinski definition) is 1. The molecule has 4 rings (SSSR count). The van der Waals surface area contributed by atoms with E-state index in [1.54, 1.807) is 13.0 Å². The Labute approximate surface area is 190 Å². The van der Waals surface area contributed by atoms with E-state index in [-0.39, 0.29) is 12.8 Å². The molecule has 0 saturated carbocycles. The second-order valence-corrected chi connectivity index (χ2v) is 9.45. The number of cyclic esters (lactones) is 2. The number of rotatable bonds is 8. The number of para-hydroxylation sites is 1. The van der Waals surface area contributed by atoms with Gasteiger partial charge in [0.1, 0.15) is 6.10 Å². The topological polar surface area (TPSA) is 86.8 Å². The largest absolute Gasteiger partial charge is 0.459 e. The van der Waals surface area contributed by atoms with E-state index in [1.165, 1.54) is 11.3 Å². The number of nitrogens with zero attached hydrogens (tertiary/aromatic N) is 1. The fourth-order valence-electron chi connectivity index (χ4n) is 4.02. The average molecular weight is 465 g/mol.